The first-order valence-electron chi connectivity index (χ1n) is 12.0. The van der Waals surface area contributed by atoms with Gasteiger partial charge in [0.2, 0.25) is 0 Å². The lowest BCUT2D eigenvalue weighted by molar-refractivity contribution is 0.379. The van der Waals surface area contributed by atoms with Crippen molar-refractivity contribution in [3.8, 4) is 0 Å². The molecule has 0 aliphatic carbocycles. The highest BCUT2D eigenvalue weighted by Crippen LogP contribution is 2.23. The second-order valence-corrected chi connectivity index (χ2v) is 8.17. The highest BCUT2D eigenvalue weighted by Gasteiger charge is 2.07. The number of rotatable bonds is 20. The lowest BCUT2D eigenvalue weighted by Gasteiger charge is -2.16. The topological polar surface area (TPSA) is 0 Å². The van der Waals surface area contributed by atoms with E-state index >= 15 is 0 Å². The van der Waals surface area contributed by atoms with Crippen LogP contribution in [-0.2, 0) is 0 Å². The van der Waals surface area contributed by atoms with E-state index in [0.717, 1.165) is 5.92 Å². The number of hydrogen-bond donors (Lipinski definition) is 0. The largest absolute Gasteiger partial charge is 0.0885 e. The van der Waals surface area contributed by atoms with Gasteiger partial charge in [0.15, 0.2) is 0 Å². The third-order valence-electron chi connectivity index (χ3n) is 5.56. The van der Waals surface area contributed by atoms with Crippen LogP contribution in [0.2, 0.25) is 0 Å². The standard InChI is InChI=1S/C25H50/c1-4-7-10-12-14-15-16-17-19-21-24-25(22-9-6-3)23-20-18-13-11-8-5-2/h16-17,25H,4-15,18-24H2,1-3H3/b17-16+. The van der Waals surface area contributed by atoms with Gasteiger partial charge in [0, 0.05) is 0 Å². The molecule has 0 radical (unpaired) electrons. The maximum Gasteiger partial charge on any atom is -0.0351 e. The van der Waals surface area contributed by atoms with Gasteiger partial charge >= 0.3 is 0 Å². The minimum Gasteiger partial charge on any atom is -0.0885 e. The van der Waals surface area contributed by atoms with Gasteiger partial charge in [-0.25, -0.2) is 0 Å². The van der Waals surface area contributed by atoms with Gasteiger partial charge in [-0.05, 0) is 31.6 Å². The zero-order valence-corrected chi connectivity index (χ0v) is 18.2. The lowest BCUT2D eigenvalue weighted by atomic mass is 9.90. The van der Waals surface area contributed by atoms with E-state index < -0.39 is 0 Å². The Hall–Kier alpha value is -0.260. The molecule has 1 unspecified atom stereocenters. The smallest absolute Gasteiger partial charge is 0.0351 e. The molecule has 0 aromatic heterocycles. The summed E-state index contributed by atoms with van der Waals surface area (Å²) in [6.45, 7) is 6.94. The molecule has 0 rings (SSSR count). The van der Waals surface area contributed by atoms with Crippen molar-refractivity contribution in [3.05, 3.63) is 12.2 Å². The van der Waals surface area contributed by atoms with Crippen molar-refractivity contribution < 1.29 is 0 Å². The Bertz CT molecular complexity index is 253. The Morgan fingerprint density at radius 2 is 0.880 bits per heavy atom. The summed E-state index contributed by atoms with van der Waals surface area (Å²) in [7, 11) is 0. The molecule has 150 valence electrons. The maximum atomic E-state index is 2.46. The van der Waals surface area contributed by atoms with Gasteiger partial charge in [0.05, 0.1) is 0 Å². The van der Waals surface area contributed by atoms with E-state index in [1.165, 1.54) is 122 Å². The van der Waals surface area contributed by atoms with E-state index in [9.17, 15) is 0 Å². The fourth-order valence-electron chi connectivity index (χ4n) is 3.76. The molecule has 0 amide bonds. The van der Waals surface area contributed by atoms with Crippen molar-refractivity contribution in [1.82, 2.24) is 0 Å². The molecule has 0 bridgehead atoms. The summed E-state index contributed by atoms with van der Waals surface area (Å²) in [5, 5.41) is 0. The first-order chi connectivity index (χ1) is 12.3. The maximum absolute atomic E-state index is 2.46. The van der Waals surface area contributed by atoms with Crippen molar-refractivity contribution in [1.29, 1.82) is 0 Å². The summed E-state index contributed by atoms with van der Waals surface area (Å²) in [5.41, 5.74) is 0. The van der Waals surface area contributed by atoms with Crippen LogP contribution >= 0.6 is 0 Å². The van der Waals surface area contributed by atoms with Gasteiger partial charge in [-0.2, -0.15) is 0 Å². The molecule has 0 aromatic carbocycles. The third-order valence-corrected chi connectivity index (χ3v) is 5.56. The summed E-state index contributed by atoms with van der Waals surface area (Å²) < 4.78 is 0. The van der Waals surface area contributed by atoms with Crippen LogP contribution in [0, 0.1) is 5.92 Å². The molecular weight excluding hydrogens is 300 g/mol. The highest BCUT2D eigenvalue weighted by atomic mass is 14.1. The molecule has 0 saturated heterocycles. The van der Waals surface area contributed by atoms with E-state index in [1.54, 1.807) is 0 Å². The molecular formula is C25H50. The molecule has 1 atom stereocenters. The molecule has 0 aliphatic heterocycles. The Morgan fingerprint density at radius 3 is 1.52 bits per heavy atom. The normalized spacial score (nSPS) is 12.9. The predicted molar refractivity (Wildman–Crippen MR) is 117 cm³/mol. The SMILES string of the molecule is CCCCCCC/C=C/CCCC(CCCC)CCCCCCCC. The molecule has 0 N–H and O–H groups in total. The van der Waals surface area contributed by atoms with Crippen LogP contribution in [0.1, 0.15) is 143 Å². The van der Waals surface area contributed by atoms with E-state index in [-0.39, 0.29) is 0 Å². The lowest BCUT2D eigenvalue weighted by Crippen LogP contribution is -2.01. The van der Waals surface area contributed by atoms with Crippen LogP contribution in [0.4, 0.5) is 0 Å². The van der Waals surface area contributed by atoms with Gasteiger partial charge in [0.25, 0.3) is 0 Å². The molecule has 0 fully saturated rings. The average Bonchev–Trinajstić information content (AvgIpc) is 2.63. The molecule has 0 aromatic rings. The monoisotopic (exact) mass is 350 g/mol. The molecule has 0 spiro atoms. The van der Waals surface area contributed by atoms with Gasteiger partial charge < -0.3 is 0 Å². The first-order valence-corrected chi connectivity index (χ1v) is 12.0. The fraction of sp³-hybridized carbons (Fsp3) is 0.920. The van der Waals surface area contributed by atoms with E-state index in [1.807, 2.05) is 0 Å². The Morgan fingerprint density at radius 1 is 0.440 bits per heavy atom. The summed E-state index contributed by atoms with van der Waals surface area (Å²) >= 11 is 0. The van der Waals surface area contributed by atoms with Crippen molar-refractivity contribution in [3.63, 3.8) is 0 Å². The van der Waals surface area contributed by atoms with Crippen LogP contribution in [0.25, 0.3) is 0 Å². The van der Waals surface area contributed by atoms with E-state index in [2.05, 4.69) is 32.9 Å². The van der Waals surface area contributed by atoms with Crippen LogP contribution in [0.3, 0.4) is 0 Å². The number of unbranched alkanes of at least 4 members (excludes halogenated alkanes) is 12. The summed E-state index contributed by atoms with van der Waals surface area (Å²) in [6, 6.07) is 0. The molecule has 25 heavy (non-hydrogen) atoms. The minimum atomic E-state index is 1.01. The average molecular weight is 351 g/mol. The van der Waals surface area contributed by atoms with Crippen molar-refractivity contribution in [2.75, 3.05) is 0 Å². The zero-order chi connectivity index (χ0) is 18.4. The Kier molecular flexibility index (Phi) is 21.6. The summed E-state index contributed by atoms with van der Waals surface area (Å²) in [4.78, 5) is 0. The second-order valence-electron chi connectivity index (χ2n) is 8.17. The van der Waals surface area contributed by atoms with Crippen molar-refractivity contribution >= 4 is 0 Å². The molecule has 0 heteroatoms. The van der Waals surface area contributed by atoms with E-state index in [0.29, 0.717) is 0 Å². The van der Waals surface area contributed by atoms with Crippen molar-refractivity contribution in [2.45, 2.75) is 143 Å². The molecule has 0 nitrogen and oxygen atoms in total. The Balaban J connectivity index is 3.63. The zero-order valence-electron chi connectivity index (χ0n) is 18.2. The van der Waals surface area contributed by atoms with Crippen LogP contribution in [-0.4, -0.2) is 0 Å². The van der Waals surface area contributed by atoms with E-state index in [4.69, 9.17) is 0 Å². The minimum absolute atomic E-state index is 1.01. The van der Waals surface area contributed by atoms with Gasteiger partial charge in [-0.15, -0.1) is 0 Å². The van der Waals surface area contributed by atoms with Gasteiger partial charge in [-0.3, -0.25) is 0 Å². The van der Waals surface area contributed by atoms with Crippen LogP contribution in [0.5, 0.6) is 0 Å². The Labute approximate surface area is 161 Å². The highest BCUT2D eigenvalue weighted by molar-refractivity contribution is 4.81. The molecule has 0 saturated carbocycles. The van der Waals surface area contributed by atoms with Gasteiger partial charge in [0.1, 0.15) is 0 Å². The van der Waals surface area contributed by atoms with Crippen LogP contribution < -0.4 is 0 Å². The second kappa shape index (κ2) is 21.8. The van der Waals surface area contributed by atoms with Gasteiger partial charge in [-0.1, -0.05) is 129 Å². The quantitative estimate of drug-likeness (QED) is 0.151. The number of allylic oxidation sites excluding steroid dienone is 2. The fourth-order valence-corrected chi connectivity index (χ4v) is 3.76. The van der Waals surface area contributed by atoms with Crippen LogP contribution in [0.15, 0.2) is 12.2 Å². The number of hydrogen-bond acceptors (Lipinski definition) is 0. The predicted octanol–water partition coefficient (Wildman–Crippen LogP) is 9.63. The van der Waals surface area contributed by atoms with Crippen molar-refractivity contribution in [2.24, 2.45) is 5.92 Å². The summed E-state index contributed by atoms with van der Waals surface area (Å²) in [6.07, 6.45) is 31.9. The summed E-state index contributed by atoms with van der Waals surface area (Å²) in [5.74, 6) is 1.01. The first kappa shape index (κ1) is 24.7. The third kappa shape index (κ3) is 19.9. The molecule has 0 aliphatic rings. The molecule has 0 heterocycles.